The van der Waals surface area contributed by atoms with Crippen LogP contribution in [0.5, 0.6) is 5.75 Å². The second-order valence-corrected chi connectivity index (χ2v) is 17.5. The molecule has 9 nitrogen and oxygen atoms in total. The molecule has 3 amide bonds. The minimum absolute atomic E-state index is 0.0434. The molecule has 2 aliphatic heterocycles. The molecule has 238 valence electrons. The molecule has 6 rings (SSSR count). The Morgan fingerprint density at radius 2 is 1.59 bits per heavy atom. The largest absolute Gasteiger partial charge is 0.508 e. The molecule has 0 spiro atoms. The fourth-order valence-electron chi connectivity index (χ4n) is 7.71. The third-order valence-electron chi connectivity index (χ3n) is 9.69. The van der Waals surface area contributed by atoms with E-state index in [1.165, 1.54) is 0 Å². The quantitative estimate of drug-likeness (QED) is 0.305. The van der Waals surface area contributed by atoms with Crippen LogP contribution in [0.4, 0.5) is 4.79 Å². The molecule has 0 saturated carbocycles. The second-order valence-electron chi connectivity index (χ2n) is 13.2. The van der Waals surface area contributed by atoms with Gasteiger partial charge in [-0.2, -0.15) is 4.90 Å². The number of nitrogens with zero attached hydrogens (tertiary/aromatic N) is 1. The van der Waals surface area contributed by atoms with E-state index in [0.29, 0.717) is 21.5 Å². The molecule has 0 radical (unpaired) electrons. The molecule has 11 heteroatoms. The first-order valence-electron chi connectivity index (χ1n) is 15.5. The van der Waals surface area contributed by atoms with Crippen molar-refractivity contribution in [3.8, 4) is 5.75 Å². The average Bonchev–Trinajstić information content (AvgIpc) is 3.30. The van der Waals surface area contributed by atoms with Gasteiger partial charge in [-0.1, -0.05) is 93.6 Å². The number of rotatable bonds is 6. The van der Waals surface area contributed by atoms with Gasteiger partial charge in [0.25, 0.3) is 8.32 Å². The van der Waals surface area contributed by atoms with Crippen molar-refractivity contribution in [2.75, 3.05) is 13.7 Å². The predicted octanol–water partition coefficient (Wildman–Crippen LogP) is 4.13. The van der Waals surface area contributed by atoms with Crippen LogP contribution in [0.2, 0.25) is 5.04 Å². The first-order valence-corrected chi connectivity index (χ1v) is 17.4. The lowest BCUT2D eigenvalue weighted by atomic mass is 9.55. The van der Waals surface area contributed by atoms with E-state index in [1.807, 2.05) is 36.4 Å². The molecule has 0 bridgehead atoms. The number of methoxy groups -OCH3 is 1. The van der Waals surface area contributed by atoms with Gasteiger partial charge in [0.2, 0.25) is 11.8 Å². The molecular weight excluding hydrogens is 601 g/mol. The van der Waals surface area contributed by atoms with Crippen LogP contribution in [0.15, 0.2) is 96.0 Å². The third kappa shape index (κ3) is 5.31. The summed E-state index contributed by atoms with van der Waals surface area (Å²) in [6, 6.07) is 26.9. The number of likely N-dealkylation sites (tertiary alicyclic amines) is 1. The fraction of sp³-hybridized carbons (Fsp3) is 0.343. The van der Waals surface area contributed by atoms with E-state index in [-0.39, 0.29) is 30.2 Å². The van der Waals surface area contributed by atoms with Gasteiger partial charge in [-0.25, -0.2) is 4.79 Å². The van der Waals surface area contributed by atoms with Crippen molar-refractivity contribution in [2.45, 2.75) is 44.8 Å². The number of aromatic hydroxyl groups is 1. The normalized spacial score (nSPS) is 23.3. The van der Waals surface area contributed by atoms with Crippen LogP contribution in [0.25, 0.3) is 0 Å². The van der Waals surface area contributed by atoms with Crippen molar-refractivity contribution >= 4 is 43.7 Å². The number of phenols is 1. The summed E-state index contributed by atoms with van der Waals surface area (Å²) in [5.41, 5.74) is 1.84. The summed E-state index contributed by atoms with van der Waals surface area (Å²) >= 11 is 0. The lowest BCUT2D eigenvalue weighted by Gasteiger charge is -2.45. The molecule has 3 aromatic rings. The van der Waals surface area contributed by atoms with E-state index in [0.717, 1.165) is 17.5 Å². The van der Waals surface area contributed by atoms with Gasteiger partial charge < -0.3 is 23.9 Å². The van der Waals surface area contributed by atoms with E-state index in [9.17, 15) is 24.5 Å². The lowest BCUT2D eigenvalue weighted by molar-refractivity contribution is -0.137. The monoisotopic (exact) mass is 639 g/mol. The molecule has 4 atom stereocenters. The van der Waals surface area contributed by atoms with Crippen LogP contribution in [-0.4, -0.2) is 62.1 Å². The zero-order chi connectivity index (χ0) is 32.8. The molecule has 2 heterocycles. The van der Waals surface area contributed by atoms with Gasteiger partial charge in [0.1, 0.15) is 5.75 Å². The van der Waals surface area contributed by atoms with Crippen LogP contribution in [0, 0.1) is 17.8 Å². The highest BCUT2D eigenvalue weighted by Gasteiger charge is 2.60. The molecule has 46 heavy (non-hydrogen) atoms. The van der Waals surface area contributed by atoms with Crippen LogP contribution in [0.1, 0.15) is 45.3 Å². The van der Waals surface area contributed by atoms with E-state index in [4.69, 9.17) is 13.8 Å². The number of benzene rings is 3. The predicted molar refractivity (Wildman–Crippen MR) is 174 cm³/mol. The average molecular weight is 640 g/mol. The zero-order valence-corrected chi connectivity index (χ0v) is 27.4. The van der Waals surface area contributed by atoms with Gasteiger partial charge in [0, 0.05) is 0 Å². The Morgan fingerprint density at radius 1 is 0.957 bits per heavy atom. The first kappa shape index (κ1) is 31.9. The van der Waals surface area contributed by atoms with Crippen LogP contribution >= 0.6 is 0 Å². The number of phenolic OH excluding ortho intramolecular Hbond substituents is 1. The molecule has 0 unspecified atom stereocenters. The Kier molecular flexibility index (Phi) is 8.53. The van der Waals surface area contributed by atoms with Crippen LogP contribution in [0.3, 0.4) is 0 Å². The SMILES string of the molecule is COC(=O)N1C(=O)[C@H]2[C@H](CC(CO[Si](c3ccccc3)(c3ccccc3)C(C)(C)C)=C3B(O)O[C@H](c4cccc(O)c4)C[C@H]32)C1=O. The minimum Gasteiger partial charge on any atom is -0.508 e. The Hall–Kier alpha value is -4.03. The molecular formula is C35H38BNO8Si. The van der Waals surface area contributed by atoms with Crippen molar-refractivity contribution in [1.82, 2.24) is 4.90 Å². The van der Waals surface area contributed by atoms with E-state index in [1.54, 1.807) is 24.3 Å². The molecule has 0 aromatic heterocycles. The third-order valence-corrected chi connectivity index (χ3v) is 14.7. The maximum atomic E-state index is 13.7. The number of fused-ring (bicyclic) bond motifs is 3. The number of ether oxygens (including phenoxy) is 1. The van der Waals surface area contributed by atoms with Crippen LogP contribution in [-0.2, 0) is 23.4 Å². The number of carbonyl (C=O) groups is 3. The number of amides is 3. The summed E-state index contributed by atoms with van der Waals surface area (Å²) in [4.78, 5) is 40.6. The van der Waals surface area contributed by atoms with E-state index >= 15 is 0 Å². The van der Waals surface area contributed by atoms with E-state index in [2.05, 4.69) is 45.0 Å². The van der Waals surface area contributed by atoms with Gasteiger partial charge >= 0.3 is 13.2 Å². The maximum Gasteiger partial charge on any atom is 0.487 e. The number of carbonyl (C=O) groups excluding carboxylic acids is 3. The maximum absolute atomic E-state index is 13.7. The minimum atomic E-state index is -3.01. The number of imide groups is 3. The van der Waals surface area contributed by atoms with Crippen molar-refractivity contribution in [1.29, 1.82) is 0 Å². The first-order chi connectivity index (χ1) is 22.0. The summed E-state index contributed by atoms with van der Waals surface area (Å²) in [5, 5.41) is 23.6. The van der Waals surface area contributed by atoms with Crippen molar-refractivity contribution in [2.24, 2.45) is 17.8 Å². The zero-order valence-electron chi connectivity index (χ0n) is 26.4. The highest BCUT2D eigenvalue weighted by molar-refractivity contribution is 6.99. The smallest absolute Gasteiger partial charge is 0.487 e. The Balaban J connectivity index is 1.45. The molecule has 1 aliphatic carbocycles. The lowest BCUT2D eigenvalue weighted by Crippen LogP contribution is -2.66. The summed E-state index contributed by atoms with van der Waals surface area (Å²) in [7, 11) is -3.26. The van der Waals surface area contributed by atoms with Gasteiger partial charge in [-0.3, -0.25) is 9.59 Å². The molecule has 3 aliphatic rings. The fourth-order valence-corrected chi connectivity index (χ4v) is 12.3. The Morgan fingerprint density at radius 3 is 2.15 bits per heavy atom. The molecule has 2 N–H and O–H groups in total. The Bertz CT molecular complexity index is 1640. The summed E-state index contributed by atoms with van der Waals surface area (Å²) in [5.74, 6) is -3.52. The summed E-state index contributed by atoms with van der Waals surface area (Å²) in [6.45, 7) is 6.60. The number of hydrogen-bond donors (Lipinski definition) is 2. The molecule has 2 fully saturated rings. The van der Waals surface area contributed by atoms with E-state index < -0.39 is 57.2 Å². The second kappa shape index (κ2) is 12.3. The standard InChI is InChI=1S/C35H38BNO8Si/c1-35(2,3)46(25-14-7-5-8-15-25,26-16-9-6-10-17-26)44-21-23-19-28-30(33(40)37(32(28)39)34(41)43-4)27-20-29(45-36(42)31(23)27)22-12-11-13-24(38)18-22/h5-18,27-30,38,42H,19-21H2,1-4H3/t27-,28-,29-,30+/m0/s1. The van der Waals surface area contributed by atoms with Crippen molar-refractivity contribution < 1.29 is 38.3 Å². The highest BCUT2D eigenvalue weighted by atomic mass is 28.4. The van der Waals surface area contributed by atoms with Gasteiger partial charge in [0.15, 0.2) is 0 Å². The van der Waals surface area contributed by atoms with Crippen molar-refractivity contribution in [3.63, 3.8) is 0 Å². The topological polar surface area (TPSA) is 123 Å². The van der Waals surface area contributed by atoms with Gasteiger partial charge in [-0.15, -0.1) is 0 Å². The summed E-state index contributed by atoms with van der Waals surface area (Å²) < 4.78 is 18.2. The molecule has 2 saturated heterocycles. The van der Waals surface area contributed by atoms with Crippen molar-refractivity contribution in [3.05, 3.63) is 102 Å². The summed E-state index contributed by atoms with van der Waals surface area (Å²) in [6.07, 6.45) is -1.30. The van der Waals surface area contributed by atoms with Gasteiger partial charge in [0.05, 0.1) is 31.7 Å². The Labute approximate surface area is 270 Å². The molecule has 3 aromatic carbocycles. The van der Waals surface area contributed by atoms with Gasteiger partial charge in [-0.05, 0) is 62.9 Å². The number of allylic oxidation sites excluding steroid dienone is 1. The number of hydrogen-bond acceptors (Lipinski definition) is 8. The highest BCUT2D eigenvalue weighted by Crippen LogP contribution is 2.52. The van der Waals surface area contributed by atoms with Crippen LogP contribution < -0.4 is 10.4 Å².